The van der Waals surface area contributed by atoms with Gasteiger partial charge in [0.05, 0.1) is 6.54 Å². The molecule has 2 aromatic carbocycles. The molecule has 20 heavy (non-hydrogen) atoms. The number of carbonyl (C=O) groups excluding carboxylic acids is 1. The zero-order chi connectivity index (χ0) is 14.4. The number of carbonyl (C=O) groups is 1. The van der Waals surface area contributed by atoms with E-state index in [1.165, 1.54) is 0 Å². The third-order valence-corrected chi connectivity index (χ3v) is 3.25. The van der Waals surface area contributed by atoms with E-state index in [9.17, 15) is 4.79 Å². The number of nitrogens with zero attached hydrogens (tertiary/aromatic N) is 2. The Morgan fingerprint density at radius 1 is 0.900 bits per heavy atom. The molecule has 0 atom stereocenters. The number of benzene rings is 2. The molecule has 0 saturated carbocycles. The molecule has 0 aliphatic heterocycles. The fourth-order valence-electron chi connectivity index (χ4n) is 2.17. The van der Waals surface area contributed by atoms with Crippen LogP contribution in [0.3, 0.4) is 0 Å². The van der Waals surface area contributed by atoms with E-state index in [0.717, 1.165) is 11.4 Å². The molecule has 0 N–H and O–H groups in total. The van der Waals surface area contributed by atoms with Gasteiger partial charge in [0.2, 0.25) is 5.91 Å². The van der Waals surface area contributed by atoms with Crippen LogP contribution in [-0.4, -0.2) is 26.0 Å². The molecule has 0 unspecified atom stereocenters. The van der Waals surface area contributed by atoms with Crippen LogP contribution in [0, 0.1) is 0 Å². The minimum Gasteiger partial charge on any atom is -0.365 e. The standard InChI is InChI=1S/C17H20N2O/c1-3-19(16-12-8-5-9-13-16)17(20)14-18(2)15-10-6-4-7-11-15/h4-13H,3,14H2,1-2H3. The summed E-state index contributed by atoms with van der Waals surface area (Å²) in [7, 11) is 1.94. The lowest BCUT2D eigenvalue weighted by Crippen LogP contribution is -2.39. The maximum Gasteiger partial charge on any atom is 0.246 e. The van der Waals surface area contributed by atoms with Gasteiger partial charge in [0, 0.05) is 25.0 Å². The smallest absolute Gasteiger partial charge is 0.246 e. The summed E-state index contributed by atoms with van der Waals surface area (Å²) in [6.07, 6.45) is 0. The summed E-state index contributed by atoms with van der Waals surface area (Å²) >= 11 is 0. The summed E-state index contributed by atoms with van der Waals surface area (Å²) in [5, 5.41) is 0. The predicted molar refractivity (Wildman–Crippen MR) is 84.2 cm³/mol. The van der Waals surface area contributed by atoms with Gasteiger partial charge in [-0.3, -0.25) is 4.79 Å². The Bertz CT molecular complexity index is 539. The van der Waals surface area contributed by atoms with Gasteiger partial charge in [-0.15, -0.1) is 0 Å². The molecule has 2 aromatic rings. The number of rotatable bonds is 5. The Morgan fingerprint density at radius 2 is 1.40 bits per heavy atom. The molecule has 0 aromatic heterocycles. The van der Waals surface area contributed by atoms with Gasteiger partial charge in [0.25, 0.3) is 0 Å². The number of likely N-dealkylation sites (N-methyl/N-ethyl adjacent to an activating group) is 2. The third kappa shape index (κ3) is 3.38. The molecule has 0 fully saturated rings. The van der Waals surface area contributed by atoms with Crippen LogP contribution in [-0.2, 0) is 4.79 Å². The molecule has 0 bridgehead atoms. The Morgan fingerprint density at radius 3 is 1.90 bits per heavy atom. The fourth-order valence-corrected chi connectivity index (χ4v) is 2.17. The summed E-state index contributed by atoms with van der Waals surface area (Å²) in [6.45, 7) is 3.03. The quantitative estimate of drug-likeness (QED) is 0.831. The normalized spacial score (nSPS) is 10.1. The lowest BCUT2D eigenvalue weighted by molar-refractivity contribution is -0.117. The van der Waals surface area contributed by atoms with E-state index in [-0.39, 0.29) is 5.91 Å². The first-order valence-corrected chi connectivity index (χ1v) is 6.84. The maximum absolute atomic E-state index is 12.4. The highest BCUT2D eigenvalue weighted by atomic mass is 16.2. The Kier molecular flexibility index (Phi) is 4.77. The van der Waals surface area contributed by atoms with Crippen LogP contribution >= 0.6 is 0 Å². The topological polar surface area (TPSA) is 23.6 Å². The molecule has 0 saturated heterocycles. The van der Waals surface area contributed by atoms with E-state index in [4.69, 9.17) is 0 Å². The number of hydrogen-bond acceptors (Lipinski definition) is 2. The highest BCUT2D eigenvalue weighted by Crippen LogP contribution is 2.15. The Labute approximate surface area is 120 Å². The van der Waals surface area contributed by atoms with Gasteiger partial charge in [-0.2, -0.15) is 0 Å². The Balaban J connectivity index is 2.07. The van der Waals surface area contributed by atoms with Crippen molar-refractivity contribution in [1.82, 2.24) is 0 Å². The lowest BCUT2D eigenvalue weighted by atomic mass is 10.2. The lowest BCUT2D eigenvalue weighted by Gasteiger charge is -2.25. The molecular formula is C17H20N2O. The zero-order valence-corrected chi connectivity index (χ0v) is 12.0. The van der Waals surface area contributed by atoms with Crippen LogP contribution < -0.4 is 9.80 Å². The van der Waals surface area contributed by atoms with Crippen molar-refractivity contribution in [2.75, 3.05) is 29.9 Å². The van der Waals surface area contributed by atoms with Crippen molar-refractivity contribution in [3.8, 4) is 0 Å². The van der Waals surface area contributed by atoms with E-state index < -0.39 is 0 Å². The molecule has 0 aliphatic carbocycles. The summed E-state index contributed by atoms with van der Waals surface area (Å²) in [5.74, 6) is 0.102. The van der Waals surface area contributed by atoms with Crippen LogP contribution in [0.25, 0.3) is 0 Å². The highest BCUT2D eigenvalue weighted by Gasteiger charge is 2.15. The van der Waals surface area contributed by atoms with Crippen LogP contribution in [0.5, 0.6) is 0 Å². The van der Waals surface area contributed by atoms with Gasteiger partial charge in [-0.05, 0) is 31.2 Å². The maximum atomic E-state index is 12.4. The average Bonchev–Trinajstić information content (AvgIpc) is 2.50. The second-order valence-corrected chi connectivity index (χ2v) is 4.67. The number of anilines is 2. The van der Waals surface area contributed by atoms with Crippen molar-refractivity contribution in [2.45, 2.75) is 6.92 Å². The van der Waals surface area contributed by atoms with Crippen molar-refractivity contribution in [3.63, 3.8) is 0 Å². The largest absolute Gasteiger partial charge is 0.365 e. The first kappa shape index (κ1) is 14.1. The van der Waals surface area contributed by atoms with Crippen molar-refractivity contribution in [2.24, 2.45) is 0 Å². The molecule has 0 heterocycles. The zero-order valence-electron chi connectivity index (χ0n) is 12.0. The molecule has 1 amide bonds. The second kappa shape index (κ2) is 6.75. The van der Waals surface area contributed by atoms with E-state index >= 15 is 0 Å². The molecule has 3 nitrogen and oxygen atoms in total. The summed E-state index contributed by atoms with van der Waals surface area (Å²) in [5.41, 5.74) is 1.99. The van der Waals surface area contributed by atoms with Crippen LogP contribution in [0.2, 0.25) is 0 Å². The van der Waals surface area contributed by atoms with Crippen molar-refractivity contribution in [3.05, 3.63) is 60.7 Å². The van der Waals surface area contributed by atoms with Crippen LogP contribution in [0.4, 0.5) is 11.4 Å². The van der Waals surface area contributed by atoms with Crippen molar-refractivity contribution < 1.29 is 4.79 Å². The predicted octanol–water partition coefficient (Wildman–Crippen LogP) is 3.18. The third-order valence-electron chi connectivity index (χ3n) is 3.25. The monoisotopic (exact) mass is 268 g/mol. The molecule has 0 radical (unpaired) electrons. The van der Waals surface area contributed by atoms with Gasteiger partial charge in [-0.1, -0.05) is 36.4 Å². The summed E-state index contributed by atoms with van der Waals surface area (Å²) in [4.78, 5) is 16.2. The van der Waals surface area contributed by atoms with Gasteiger partial charge >= 0.3 is 0 Å². The minimum atomic E-state index is 0.102. The van der Waals surface area contributed by atoms with E-state index in [0.29, 0.717) is 13.1 Å². The van der Waals surface area contributed by atoms with E-state index in [2.05, 4.69) is 0 Å². The SMILES string of the molecule is CCN(C(=O)CN(C)c1ccccc1)c1ccccc1. The molecule has 0 aliphatic rings. The van der Waals surface area contributed by atoms with E-state index in [1.807, 2.05) is 79.5 Å². The molecule has 104 valence electrons. The van der Waals surface area contributed by atoms with Crippen molar-refractivity contribution >= 4 is 17.3 Å². The van der Waals surface area contributed by atoms with E-state index in [1.54, 1.807) is 4.90 Å². The first-order valence-electron chi connectivity index (χ1n) is 6.84. The number of para-hydroxylation sites is 2. The van der Waals surface area contributed by atoms with Gasteiger partial charge < -0.3 is 9.80 Å². The Hall–Kier alpha value is -2.29. The van der Waals surface area contributed by atoms with Gasteiger partial charge in [-0.25, -0.2) is 0 Å². The number of hydrogen-bond donors (Lipinski definition) is 0. The molecule has 3 heteroatoms. The van der Waals surface area contributed by atoms with Gasteiger partial charge in [0.1, 0.15) is 0 Å². The van der Waals surface area contributed by atoms with Gasteiger partial charge in [0.15, 0.2) is 0 Å². The van der Waals surface area contributed by atoms with Crippen molar-refractivity contribution in [1.29, 1.82) is 0 Å². The minimum absolute atomic E-state index is 0.102. The summed E-state index contributed by atoms with van der Waals surface area (Å²) in [6, 6.07) is 19.7. The molecule has 2 rings (SSSR count). The first-order chi connectivity index (χ1) is 9.72. The van der Waals surface area contributed by atoms with Crippen LogP contribution in [0.1, 0.15) is 6.92 Å². The molecule has 0 spiro atoms. The molecular weight excluding hydrogens is 248 g/mol. The second-order valence-electron chi connectivity index (χ2n) is 4.67. The average molecular weight is 268 g/mol. The number of amides is 1. The van der Waals surface area contributed by atoms with Crippen LogP contribution in [0.15, 0.2) is 60.7 Å². The highest BCUT2D eigenvalue weighted by molar-refractivity contribution is 5.96. The summed E-state index contributed by atoms with van der Waals surface area (Å²) < 4.78 is 0. The fraction of sp³-hybridized carbons (Fsp3) is 0.235.